The highest BCUT2D eigenvalue weighted by molar-refractivity contribution is 5.79. The zero-order chi connectivity index (χ0) is 12.7. The number of nitrogens with one attached hydrogen (secondary N) is 1. The van der Waals surface area contributed by atoms with Crippen LogP contribution in [0.15, 0.2) is 4.99 Å². The lowest BCUT2D eigenvalue weighted by Crippen LogP contribution is -2.45. The Bertz CT molecular complexity index is 237. The highest BCUT2D eigenvalue weighted by Crippen LogP contribution is 2.15. The first-order valence-corrected chi connectivity index (χ1v) is 6.43. The summed E-state index contributed by atoms with van der Waals surface area (Å²) >= 11 is 0. The molecule has 0 bridgehead atoms. The van der Waals surface area contributed by atoms with Gasteiger partial charge in [0.1, 0.15) is 0 Å². The Morgan fingerprint density at radius 2 is 2.12 bits per heavy atom. The Kier molecular flexibility index (Phi) is 6.29. The summed E-state index contributed by atoms with van der Waals surface area (Å²) in [4.78, 5) is 6.59. The van der Waals surface area contributed by atoms with Crippen LogP contribution in [-0.4, -0.2) is 44.2 Å². The normalized spacial score (nSPS) is 18.5. The molecule has 1 saturated heterocycles. The van der Waals surface area contributed by atoms with Crippen molar-refractivity contribution >= 4 is 5.96 Å². The first-order chi connectivity index (χ1) is 8.13. The molecule has 0 amide bonds. The molecule has 0 spiro atoms. The average Bonchev–Trinajstić information content (AvgIpc) is 2.30. The quantitative estimate of drug-likeness (QED) is 0.331. The van der Waals surface area contributed by atoms with E-state index in [1.807, 2.05) is 7.05 Å². The van der Waals surface area contributed by atoms with Crippen LogP contribution in [0.2, 0.25) is 0 Å². The largest absolute Gasteiger partial charge is 0.381 e. The first-order valence-electron chi connectivity index (χ1n) is 6.43. The minimum Gasteiger partial charge on any atom is -0.381 e. The molecule has 0 aromatic heterocycles. The first kappa shape index (κ1) is 14.3. The van der Waals surface area contributed by atoms with E-state index in [1.54, 1.807) is 0 Å². The third-order valence-electron chi connectivity index (χ3n) is 2.97. The lowest BCUT2D eigenvalue weighted by Gasteiger charge is -2.28. The molecule has 1 heterocycles. The summed E-state index contributed by atoms with van der Waals surface area (Å²) in [6.45, 7) is 7.86. The van der Waals surface area contributed by atoms with Gasteiger partial charge in [-0.1, -0.05) is 13.8 Å². The van der Waals surface area contributed by atoms with Gasteiger partial charge in [0.25, 0.3) is 0 Å². The smallest absolute Gasteiger partial charge is 0.208 e. The predicted molar refractivity (Wildman–Crippen MR) is 70.6 cm³/mol. The molecule has 1 fully saturated rings. The second-order valence-corrected chi connectivity index (χ2v) is 5.14. The summed E-state index contributed by atoms with van der Waals surface area (Å²) in [5.41, 5.74) is 2.69. The molecule has 1 aliphatic heterocycles. The van der Waals surface area contributed by atoms with E-state index < -0.39 is 0 Å². The Hall–Kier alpha value is -0.810. The van der Waals surface area contributed by atoms with Crippen molar-refractivity contribution in [3.8, 4) is 0 Å². The van der Waals surface area contributed by atoms with Crippen LogP contribution in [0, 0.1) is 11.8 Å². The van der Waals surface area contributed by atoms with Crippen molar-refractivity contribution in [3.05, 3.63) is 0 Å². The zero-order valence-corrected chi connectivity index (χ0v) is 11.3. The second-order valence-electron chi connectivity index (χ2n) is 5.14. The molecule has 0 aromatic carbocycles. The molecule has 3 N–H and O–H groups in total. The second kappa shape index (κ2) is 7.50. The number of hydrogen-bond donors (Lipinski definition) is 2. The maximum absolute atomic E-state index is 5.52. The number of hydrazine groups is 1. The van der Waals surface area contributed by atoms with Crippen LogP contribution >= 0.6 is 0 Å². The van der Waals surface area contributed by atoms with Crippen molar-refractivity contribution in [2.45, 2.75) is 26.7 Å². The van der Waals surface area contributed by atoms with Gasteiger partial charge in [-0.3, -0.25) is 10.4 Å². The highest BCUT2D eigenvalue weighted by Gasteiger charge is 2.17. The van der Waals surface area contributed by atoms with E-state index in [4.69, 9.17) is 10.6 Å². The van der Waals surface area contributed by atoms with Gasteiger partial charge < -0.3 is 9.64 Å². The van der Waals surface area contributed by atoms with Crippen molar-refractivity contribution in [2.24, 2.45) is 22.7 Å². The zero-order valence-electron chi connectivity index (χ0n) is 11.3. The molecule has 0 unspecified atom stereocenters. The Morgan fingerprint density at radius 1 is 1.47 bits per heavy atom. The molecule has 17 heavy (non-hydrogen) atoms. The fourth-order valence-corrected chi connectivity index (χ4v) is 1.95. The summed E-state index contributed by atoms with van der Waals surface area (Å²) in [5.74, 6) is 7.54. The highest BCUT2D eigenvalue weighted by atomic mass is 16.5. The number of aliphatic imine (C=N–C) groups is 1. The standard InChI is InChI=1S/C12H26N4O/c1-10(2)8-14-12(15-13)16(3)9-11-4-6-17-7-5-11/h10-11H,4-9,13H2,1-3H3,(H,14,15). The lowest BCUT2D eigenvalue weighted by atomic mass is 10.00. The Balaban J connectivity index is 2.41. The van der Waals surface area contributed by atoms with Crippen molar-refractivity contribution in [2.75, 3.05) is 33.4 Å². The average molecular weight is 242 g/mol. The van der Waals surface area contributed by atoms with Crippen molar-refractivity contribution < 1.29 is 4.74 Å². The molecule has 0 atom stereocenters. The van der Waals surface area contributed by atoms with Crippen molar-refractivity contribution in [1.82, 2.24) is 10.3 Å². The number of guanidine groups is 1. The third kappa shape index (κ3) is 5.37. The summed E-state index contributed by atoms with van der Waals surface area (Å²) < 4.78 is 5.36. The van der Waals surface area contributed by atoms with Crippen LogP contribution in [0.1, 0.15) is 26.7 Å². The van der Waals surface area contributed by atoms with E-state index in [9.17, 15) is 0 Å². The van der Waals surface area contributed by atoms with E-state index in [0.717, 1.165) is 45.1 Å². The molecule has 1 rings (SSSR count). The molecule has 1 aliphatic rings. The Morgan fingerprint density at radius 3 is 2.65 bits per heavy atom. The number of nitrogens with two attached hydrogens (primary N) is 1. The van der Waals surface area contributed by atoms with Gasteiger partial charge >= 0.3 is 0 Å². The van der Waals surface area contributed by atoms with Gasteiger partial charge in [0.15, 0.2) is 0 Å². The topological polar surface area (TPSA) is 62.9 Å². The monoisotopic (exact) mass is 242 g/mol. The number of ether oxygens (including phenoxy) is 1. The number of nitrogens with zero attached hydrogens (tertiary/aromatic N) is 2. The van der Waals surface area contributed by atoms with Gasteiger partial charge in [-0.15, -0.1) is 0 Å². The van der Waals surface area contributed by atoms with Crippen LogP contribution in [0.25, 0.3) is 0 Å². The molecular formula is C12H26N4O. The summed E-state index contributed by atoms with van der Waals surface area (Å²) in [6.07, 6.45) is 2.26. The van der Waals surface area contributed by atoms with Crippen molar-refractivity contribution in [1.29, 1.82) is 0 Å². The Labute approximate surface area is 104 Å². The minimum atomic E-state index is 0.551. The molecule has 100 valence electrons. The van der Waals surface area contributed by atoms with Crippen molar-refractivity contribution in [3.63, 3.8) is 0 Å². The van der Waals surface area contributed by atoms with Gasteiger partial charge in [0.05, 0.1) is 0 Å². The van der Waals surface area contributed by atoms with E-state index in [2.05, 4.69) is 29.2 Å². The SMILES string of the molecule is CC(C)CN=C(NN)N(C)CC1CCOCC1. The van der Waals surface area contributed by atoms with Crippen LogP contribution < -0.4 is 11.3 Å². The molecule has 0 saturated carbocycles. The van der Waals surface area contributed by atoms with E-state index >= 15 is 0 Å². The maximum Gasteiger partial charge on any atom is 0.208 e. The van der Waals surface area contributed by atoms with Crippen LogP contribution in [0.5, 0.6) is 0 Å². The molecule has 0 aliphatic carbocycles. The van der Waals surface area contributed by atoms with Gasteiger partial charge in [0.2, 0.25) is 5.96 Å². The van der Waals surface area contributed by atoms with Gasteiger partial charge in [-0.25, -0.2) is 5.84 Å². The fourth-order valence-electron chi connectivity index (χ4n) is 1.95. The van der Waals surface area contributed by atoms with Gasteiger partial charge in [-0.05, 0) is 24.7 Å². The van der Waals surface area contributed by atoms with Crippen LogP contribution in [0.3, 0.4) is 0 Å². The number of rotatable bonds is 4. The van der Waals surface area contributed by atoms with Gasteiger partial charge in [-0.2, -0.15) is 0 Å². The number of hydrogen-bond acceptors (Lipinski definition) is 3. The van der Waals surface area contributed by atoms with E-state index in [-0.39, 0.29) is 0 Å². The summed E-state index contributed by atoms with van der Waals surface area (Å²) in [6, 6.07) is 0. The molecule has 5 heteroatoms. The van der Waals surface area contributed by atoms with Gasteiger partial charge in [0, 0.05) is 33.4 Å². The molecule has 5 nitrogen and oxygen atoms in total. The lowest BCUT2D eigenvalue weighted by molar-refractivity contribution is 0.0610. The summed E-state index contributed by atoms with van der Waals surface area (Å²) in [7, 11) is 2.04. The molecule has 0 radical (unpaired) electrons. The predicted octanol–water partition coefficient (Wildman–Crippen LogP) is 0.820. The molecule has 0 aromatic rings. The van der Waals surface area contributed by atoms with E-state index in [0.29, 0.717) is 11.8 Å². The summed E-state index contributed by atoms with van der Waals surface area (Å²) in [5, 5.41) is 0. The fraction of sp³-hybridized carbons (Fsp3) is 0.917. The minimum absolute atomic E-state index is 0.551. The van der Waals surface area contributed by atoms with E-state index in [1.165, 1.54) is 0 Å². The third-order valence-corrected chi connectivity index (χ3v) is 2.97. The maximum atomic E-state index is 5.52. The molecular weight excluding hydrogens is 216 g/mol. The van der Waals surface area contributed by atoms with Crippen LogP contribution in [-0.2, 0) is 4.74 Å². The van der Waals surface area contributed by atoms with Crippen LogP contribution in [0.4, 0.5) is 0 Å².